The lowest BCUT2D eigenvalue weighted by molar-refractivity contribution is -0.165. The summed E-state index contributed by atoms with van der Waals surface area (Å²) in [6.45, 7) is 1.44. The Morgan fingerprint density at radius 1 is 1.55 bits per heavy atom. The SMILES string of the molecule is COC1(C(=O)O)CCNCC1. The van der Waals surface area contributed by atoms with Crippen LogP contribution in [0.2, 0.25) is 0 Å². The van der Waals surface area contributed by atoms with Gasteiger partial charge in [0.25, 0.3) is 0 Å². The Balaban J connectivity index is 2.64. The number of aliphatic carboxylic acids is 1. The molecule has 64 valence electrons. The molecule has 0 bridgehead atoms. The van der Waals surface area contributed by atoms with Gasteiger partial charge in [0.2, 0.25) is 0 Å². The van der Waals surface area contributed by atoms with E-state index in [9.17, 15) is 4.79 Å². The lowest BCUT2D eigenvalue weighted by Crippen LogP contribution is -2.49. The summed E-state index contributed by atoms with van der Waals surface area (Å²) in [6, 6.07) is 0. The second-order valence-corrected chi connectivity index (χ2v) is 2.75. The zero-order valence-electron chi connectivity index (χ0n) is 6.59. The van der Waals surface area contributed by atoms with E-state index in [2.05, 4.69) is 5.32 Å². The largest absolute Gasteiger partial charge is 0.479 e. The van der Waals surface area contributed by atoms with E-state index in [0.29, 0.717) is 12.8 Å². The molecular formula is C7H13NO3. The number of nitrogens with one attached hydrogen (secondary N) is 1. The highest BCUT2D eigenvalue weighted by molar-refractivity contribution is 5.77. The quantitative estimate of drug-likeness (QED) is 0.587. The highest BCUT2D eigenvalue weighted by atomic mass is 16.5. The fourth-order valence-electron chi connectivity index (χ4n) is 1.34. The van der Waals surface area contributed by atoms with E-state index in [1.165, 1.54) is 7.11 Å². The van der Waals surface area contributed by atoms with Gasteiger partial charge in [0, 0.05) is 7.11 Å². The standard InChI is InChI=1S/C7H13NO3/c1-11-7(6(9)10)2-4-8-5-3-7/h8H,2-5H2,1H3,(H,9,10). The predicted octanol–water partition coefficient (Wildman–Crippen LogP) is -0.160. The van der Waals surface area contributed by atoms with Gasteiger partial charge in [-0.25, -0.2) is 4.79 Å². The van der Waals surface area contributed by atoms with Crippen LogP contribution in [0.4, 0.5) is 0 Å². The Labute approximate surface area is 65.5 Å². The van der Waals surface area contributed by atoms with Gasteiger partial charge in [-0.15, -0.1) is 0 Å². The Hall–Kier alpha value is -0.610. The second kappa shape index (κ2) is 3.19. The molecule has 0 saturated carbocycles. The molecule has 1 rings (SSSR count). The van der Waals surface area contributed by atoms with E-state index >= 15 is 0 Å². The topological polar surface area (TPSA) is 58.6 Å². The number of carboxylic acids is 1. The van der Waals surface area contributed by atoms with Crippen LogP contribution >= 0.6 is 0 Å². The third-order valence-electron chi connectivity index (χ3n) is 2.19. The molecule has 1 aliphatic heterocycles. The van der Waals surface area contributed by atoms with Crippen molar-refractivity contribution in [3.8, 4) is 0 Å². The van der Waals surface area contributed by atoms with Crippen molar-refractivity contribution in [2.24, 2.45) is 0 Å². The van der Waals surface area contributed by atoms with Crippen LogP contribution in [0.5, 0.6) is 0 Å². The molecule has 4 nitrogen and oxygen atoms in total. The highest BCUT2D eigenvalue weighted by Gasteiger charge is 2.39. The lowest BCUT2D eigenvalue weighted by Gasteiger charge is -2.31. The Bertz CT molecular complexity index is 152. The fraction of sp³-hybridized carbons (Fsp3) is 0.857. The highest BCUT2D eigenvalue weighted by Crippen LogP contribution is 2.21. The number of methoxy groups -OCH3 is 1. The number of ether oxygens (including phenoxy) is 1. The molecule has 1 fully saturated rings. The van der Waals surface area contributed by atoms with Crippen molar-refractivity contribution < 1.29 is 14.6 Å². The normalized spacial score (nSPS) is 23.0. The van der Waals surface area contributed by atoms with Crippen molar-refractivity contribution in [2.75, 3.05) is 20.2 Å². The molecule has 1 heterocycles. The molecular weight excluding hydrogens is 146 g/mol. The average Bonchev–Trinajstić information content (AvgIpc) is 2.05. The molecule has 0 radical (unpaired) electrons. The number of hydrogen-bond acceptors (Lipinski definition) is 3. The first-order valence-electron chi connectivity index (χ1n) is 3.70. The van der Waals surface area contributed by atoms with Gasteiger partial charge in [-0.2, -0.15) is 0 Å². The average molecular weight is 159 g/mol. The summed E-state index contributed by atoms with van der Waals surface area (Å²) in [7, 11) is 1.46. The van der Waals surface area contributed by atoms with Gasteiger partial charge in [-0.1, -0.05) is 0 Å². The van der Waals surface area contributed by atoms with Gasteiger partial charge < -0.3 is 15.2 Å². The van der Waals surface area contributed by atoms with Gasteiger partial charge in [0.15, 0.2) is 5.60 Å². The summed E-state index contributed by atoms with van der Waals surface area (Å²) in [5, 5.41) is 11.9. The first-order chi connectivity index (χ1) is 5.21. The van der Waals surface area contributed by atoms with Gasteiger partial charge >= 0.3 is 5.97 Å². The predicted molar refractivity (Wildman–Crippen MR) is 39.5 cm³/mol. The zero-order chi connectivity index (χ0) is 8.32. The molecule has 11 heavy (non-hydrogen) atoms. The third-order valence-corrected chi connectivity index (χ3v) is 2.19. The minimum atomic E-state index is -0.925. The summed E-state index contributed by atoms with van der Waals surface area (Å²) in [5.74, 6) is -0.846. The van der Waals surface area contributed by atoms with Crippen LogP contribution in [-0.2, 0) is 9.53 Å². The van der Waals surface area contributed by atoms with E-state index in [4.69, 9.17) is 9.84 Å². The van der Waals surface area contributed by atoms with Crippen LogP contribution in [0.3, 0.4) is 0 Å². The van der Waals surface area contributed by atoms with Crippen molar-refractivity contribution in [3.05, 3.63) is 0 Å². The van der Waals surface area contributed by atoms with Crippen LogP contribution in [0.1, 0.15) is 12.8 Å². The van der Waals surface area contributed by atoms with E-state index in [0.717, 1.165) is 13.1 Å². The first kappa shape index (κ1) is 8.49. The zero-order valence-corrected chi connectivity index (χ0v) is 6.59. The maximum absolute atomic E-state index is 10.8. The van der Waals surface area contributed by atoms with Crippen molar-refractivity contribution in [2.45, 2.75) is 18.4 Å². The van der Waals surface area contributed by atoms with Crippen LogP contribution in [0, 0.1) is 0 Å². The monoisotopic (exact) mass is 159 g/mol. The minimum Gasteiger partial charge on any atom is -0.479 e. The number of rotatable bonds is 2. The summed E-state index contributed by atoms with van der Waals surface area (Å²) in [5.41, 5.74) is -0.925. The molecule has 0 spiro atoms. The Morgan fingerprint density at radius 2 is 2.09 bits per heavy atom. The summed E-state index contributed by atoms with van der Waals surface area (Å²) in [6.07, 6.45) is 1.11. The van der Waals surface area contributed by atoms with Crippen molar-refractivity contribution in [1.82, 2.24) is 5.32 Å². The van der Waals surface area contributed by atoms with Gasteiger partial charge in [-0.3, -0.25) is 0 Å². The van der Waals surface area contributed by atoms with Crippen molar-refractivity contribution >= 4 is 5.97 Å². The number of piperidine rings is 1. The van der Waals surface area contributed by atoms with Crippen LogP contribution in [0.25, 0.3) is 0 Å². The van der Waals surface area contributed by atoms with Gasteiger partial charge in [-0.05, 0) is 25.9 Å². The number of carbonyl (C=O) groups is 1. The van der Waals surface area contributed by atoms with Gasteiger partial charge in [0.1, 0.15) is 0 Å². The summed E-state index contributed by atoms with van der Waals surface area (Å²) >= 11 is 0. The van der Waals surface area contributed by atoms with Crippen molar-refractivity contribution in [3.63, 3.8) is 0 Å². The summed E-state index contributed by atoms with van der Waals surface area (Å²) in [4.78, 5) is 10.8. The second-order valence-electron chi connectivity index (χ2n) is 2.75. The van der Waals surface area contributed by atoms with Crippen LogP contribution in [-0.4, -0.2) is 36.9 Å². The molecule has 1 aliphatic rings. The summed E-state index contributed by atoms with van der Waals surface area (Å²) < 4.78 is 5.00. The molecule has 0 amide bonds. The number of hydrogen-bond donors (Lipinski definition) is 2. The molecule has 4 heteroatoms. The molecule has 0 aromatic rings. The third kappa shape index (κ3) is 1.52. The van der Waals surface area contributed by atoms with E-state index in [1.807, 2.05) is 0 Å². The van der Waals surface area contributed by atoms with E-state index in [-0.39, 0.29) is 0 Å². The number of carboxylic acid groups (broad SMARTS) is 1. The van der Waals surface area contributed by atoms with Gasteiger partial charge in [0.05, 0.1) is 0 Å². The van der Waals surface area contributed by atoms with Crippen molar-refractivity contribution in [1.29, 1.82) is 0 Å². The minimum absolute atomic E-state index is 0.554. The Kier molecular flexibility index (Phi) is 2.46. The molecule has 0 aromatic carbocycles. The van der Waals surface area contributed by atoms with E-state index < -0.39 is 11.6 Å². The van der Waals surface area contributed by atoms with Crippen LogP contribution in [0.15, 0.2) is 0 Å². The lowest BCUT2D eigenvalue weighted by atomic mass is 9.92. The molecule has 0 unspecified atom stereocenters. The van der Waals surface area contributed by atoms with E-state index in [1.54, 1.807) is 0 Å². The Morgan fingerprint density at radius 3 is 2.36 bits per heavy atom. The molecule has 0 aliphatic carbocycles. The molecule has 0 aromatic heterocycles. The smallest absolute Gasteiger partial charge is 0.336 e. The maximum atomic E-state index is 10.8. The first-order valence-corrected chi connectivity index (χ1v) is 3.70. The molecule has 2 N–H and O–H groups in total. The molecule has 0 atom stereocenters. The molecule has 1 saturated heterocycles. The van der Waals surface area contributed by atoms with Crippen LogP contribution < -0.4 is 5.32 Å². The maximum Gasteiger partial charge on any atom is 0.336 e. The fourth-order valence-corrected chi connectivity index (χ4v) is 1.34.